The number of hydrogen-bond donors (Lipinski definition) is 1. The molecule has 2 aromatic carbocycles. The van der Waals surface area contributed by atoms with Gasteiger partial charge in [-0.05, 0) is 60.7 Å². The van der Waals surface area contributed by atoms with Crippen molar-refractivity contribution >= 4 is 23.0 Å². The fraction of sp³-hybridized carbons (Fsp3) is 0.407. The zero-order valence-electron chi connectivity index (χ0n) is 20.6. The molecule has 0 bridgehead atoms. The maximum Gasteiger partial charge on any atom is 0.154 e. The van der Waals surface area contributed by atoms with Crippen LogP contribution in [0, 0.1) is 13.8 Å². The molecule has 1 aromatic heterocycles. The first kappa shape index (κ1) is 22.9. The summed E-state index contributed by atoms with van der Waals surface area (Å²) in [5, 5.41) is 3.56. The Bertz CT molecular complexity index is 1100. The van der Waals surface area contributed by atoms with Crippen molar-refractivity contribution < 1.29 is 4.74 Å². The van der Waals surface area contributed by atoms with Gasteiger partial charge in [0.25, 0.3) is 0 Å². The number of aromatic nitrogens is 2. The van der Waals surface area contributed by atoms with E-state index in [9.17, 15) is 0 Å². The Morgan fingerprint density at radius 1 is 0.909 bits per heavy atom. The summed E-state index contributed by atoms with van der Waals surface area (Å²) in [6.45, 7) is 14.5. The zero-order chi connectivity index (χ0) is 23.6. The summed E-state index contributed by atoms with van der Waals surface area (Å²) in [5.41, 5.74) is 5.80. The maximum atomic E-state index is 5.28. The van der Waals surface area contributed by atoms with Gasteiger partial charge in [0.1, 0.15) is 11.6 Å². The monoisotopic (exact) mass is 445 g/mol. The SMILES string of the molecule is COc1ccc(N2CCN(c3cnc(C)c(Nc4cc(C(C)(C)C)ccc4C)n3)CC2)cc1. The summed E-state index contributed by atoms with van der Waals surface area (Å²) in [4.78, 5) is 14.3. The Labute approximate surface area is 197 Å². The van der Waals surface area contributed by atoms with E-state index >= 15 is 0 Å². The number of methoxy groups -OCH3 is 1. The highest BCUT2D eigenvalue weighted by atomic mass is 16.5. The molecular formula is C27H35N5O. The van der Waals surface area contributed by atoms with Crippen LogP contribution in [-0.2, 0) is 5.41 Å². The Hall–Kier alpha value is -3.28. The maximum absolute atomic E-state index is 5.28. The van der Waals surface area contributed by atoms with Gasteiger partial charge in [-0.25, -0.2) is 4.98 Å². The first-order valence-corrected chi connectivity index (χ1v) is 11.6. The predicted molar refractivity (Wildman–Crippen MR) is 137 cm³/mol. The van der Waals surface area contributed by atoms with Crippen LogP contribution in [0.4, 0.5) is 23.0 Å². The van der Waals surface area contributed by atoms with Crippen molar-refractivity contribution in [3.05, 3.63) is 65.5 Å². The van der Waals surface area contributed by atoms with Crippen LogP contribution in [-0.4, -0.2) is 43.3 Å². The number of ether oxygens (including phenoxy) is 1. The number of rotatable bonds is 5. The summed E-state index contributed by atoms with van der Waals surface area (Å²) in [5.74, 6) is 2.62. The second-order valence-electron chi connectivity index (χ2n) is 9.74. The average Bonchev–Trinajstić information content (AvgIpc) is 2.81. The number of benzene rings is 2. The van der Waals surface area contributed by atoms with Crippen LogP contribution in [0.25, 0.3) is 0 Å². The minimum absolute atomic E-state index is 0.0935. The lowest BCUT2D eigenvalue weighted by Crippen LogP contribution is -2.46. The van der Waals surface area contributed by atoms with Crippen molar-refractivity contribution in [1.82, 2.24) is 9.97 Å². The van der Waals surface area contributed by atoms with Gasteiger partial charge >= 0.3 is 0 Å². The number of anilines is 4. The average molecular weight is 446 g/mol. The van der Waals surface area contributed by atoms with Gasteiger partial charge in [-0.2, -0.15) is 0 Å². The molecule has 6 nitrogen and oxygen atoms in total. The molecule has 174 valence electrons. The fourth-order valence-electron chi connectivity index (χ4n) is 4.05. The normalized spacial score (nSPS) is 14.4. The first-order chi connectivity index (χ1) is 15.7. The van der Waals surface area contributed by atoms with Crippen molar-refractivity contribution in [2.45, 2.75) is 40.0 Å². The fourth-order valence-corrected chi connectivity index (χ4v) is 4.05. The predicted octanol–water partition coefficient (Wildman–Crippen LogP) is 5.47. The van der Waals surface area contributed by atoms with Gasteiger partial charge in [0.05, 0.1) is 19.0 Å². The number of hydrogen-bond acceptors (Lipinski definition) is 6. The molecule has 33 heavy (non-hydrogen) atoms. The topological polar surface area (TPSA) is 53.5 Å². The van der Waals surface area contributed by atoms with Crippen LogP contribution in [0.3, 0.4) is 0 Å². The van der Waals surface area contributed by atoms with E-state index in [2.05, 4.69) is 78.1 Å². The molecule has 1 fully saturated rings. The van der Waals surface area contributed by atoms with Gasteiger partial charge in [0.15, 0.2) is 5.82 Å². The van der Waals surface area contributed by atoms with E-state index in [4.69, 9.17) is 9.72 Å². The quantitative estimate of drug-likeness (QED) is 0.562. The van der Waals surface area contributed by atoms with Crippen molar-refractivity contribution in [1.29, 1.82) is 0 Å². The van der Waals surface area contributed by atoms with Crippen LogP contribution in [0.1, 0.15) is 37.6 Å². The molecule has 1 saturated heterocycles. The van der Waals surface area contributed by atoms with Gasteiger partial charge in [-0.1, -0.05) is 32.9 Å². The van der Waals surface area contributed by atoms with Crippen LogP contribution < -0.4 is 19.9 Å². The van der Waals surface area contributed by atoms with Gasteiger partial charge in [-0.3, -0.25) is 4.98 Å². The smallest absolute Gasteiger partial charge is 0.154 e. The van der Waals surface area contributed by atoms with E-state index in [1.807, 2.05) is 25.3 Å². The van der Waals surface area contributed by atoms with Crippen molar-refractivity contribution in [3.63, 3.8) is 0 Å². The summed E-state index contributed by atoms with van der Waals surface area (Å²) in [6.07, 6.45) is 1.89. The van der Waals surface area contributed by atoms with Crippen molar-refractivity contribution in [3.8, 4) is 5.75 Å². The molecule has 1 aliphatic heterocycles. The zero-order valence-corrected chi connectivity index (χ0v) is 20.6. The second kappa shape index (κ2) is 9.30. The lowest BCUT2D eigenvalue weighted by molar-refractivity contribution is 0.415. The molecule has 0 amide bonds. The highest BCUT2D eigenvalue weighted by molar-refractivity contribution is 5.64. The van der Waals surface area contributed by atoms with E-state index in [1.54, 1.807) is 7.11 Å². The summed E-state index contributed by atoms with van der Waals surface area (Å²) >= 11 is 0. The van der Waals surface area contributed by atoms with Gasteiger partial charge < -0.3 is 19.9 Å². The third-order valence-corrected chi connectivity index (χ3v) is 6.34. The molecule has 0 radical (unpaired) electrons. The third-order valence-electron chi connectivity index (χ3n) is 6.34. The van der Waals surface area contributed by atoms with Gasteiger partial charge in [0, 0.05) is 37.6 Å². The summed E-state index contributed by atoms with van der Waals surface area (Å²) in [7, 11) is 1.70. The largest absolute Gasteiger partial charge is 0.497 e. The minimum atomic E-state index is 0.0935. The number of nitrogens with one attached hydrogen (secondary N) is 1. The first-order valence-electron chi connectivity index (χ1n) is 11.6. The number of piperazine rings is 1. The molecule has 1 N–H and O–H groups in total. The molecule has 0 saturated carbocycles. The Balaban J connectivity index is 1.48. The lowest BCUT2D eigenvalue weighted by Gasteiger charge is -2.36. The summed E-state index contributed by atoms with van der Waals surface area (Å²) in [6, 6.07) is 14.9. The van der Waals surface area contributed by atoms with Crippen molar-refractivity contribution in [2.75, 3.05) is 48.4 Å². The van der Waals surface area contributed by atoms with Crippen LogP contribution in [0.15, 0.2) is 48.7 Å². The van der Waals surface area contributed by atoms with Gasteiger partial charge in [-0.15, -0.1) is 0 Å². The molecule has 0 unspecified atom stereocenters. The van der Waals surface area contributed by atoms with E-state index in [0.717, 1.165) is 54.9 Å². The number of aryl methyl sites for hydroxylation is 2. The molecule has 3 aromatic rings. The lowest BCUT2D eigenvalue weighted by atomic mass is 9.86. The van der Waals surface area contributed by atoms with Gasteiger partial charge in [0.2, 0.25) is 0 Å². The molecule has 0 atom stereocenters. The van der Waals surface area contributed by atoms with E-state index < -0.39 is 0 Å². The van der Waals surface area contributed by atoms with E-state index in [-0.39, 0.29) is 5.41 Å². The molecule has 2 heterocycles. The van der Waals surface area contributed by atoms with E-state index in [0.29, 0.717) is 0 Å². The molecule has 0 aliphatic carbocycles. The molecule has 4 rings (SSSR count). The standard InChI is InChI=1S/C27H35N5O/c1-19-7-8-21(27(3,4)5)17-24(19)29-26-20(2)28-18-25(30-26)32-15-13-31(14-16-32)22-9-11-23(33-6)12-10-22/h7-12,17-18H,13-16H2,1-6H3,(H,29,30). The van der Waals surface area contributed by atoms with Crippen LogP contribution in [0.5, 0.6) is 5.75 Å². The Morgan fingerprint density at radius 2 is 1.58 bits per heavy atom. The second-order valence-corrected chi connectivity index (χ2v) is 9.74. The molecule has 1 aliphatic rings. The highest BCUT2D eigenvalue weighted by Gasteiger charge is 2.20. The molecule has 6 heteroatoms. The van der Waals surface area contributed by atoms with Crippen LogP contribution >= 0.6 is 0 Å². The highest BCUT2D eigenvalue weighted by Crippen LogP contribution is 2.30. The Kier molecular flexibility index (Phi) is 6.45. The third kappa shape index (κ3) is 5.21. The molecule has 0 spiro atoms. The Morgan fingerprint density at radius 3 is 2.21 bits per heavy atom. The number of nitrogens with zero attached hydrogens (tertiary/aromatic N) is 4. The minimum Gasteiger partial charge on any atom is -0.497 e. The molecular weight excluding hydrogens is 410 g/mol. The summed E-state index contributed by atoms with van der Waals surface area (Å²) < 4.78 is 5.28. The van der Waals surface area contributed by atoms with Crippen LogP contribution in [0.2, 0.25) is 0 Å². The van der Waals surface area contributed by atoms with Crippen molar-refractivity contribution in [2.24, 2.45) is 0 Å². The van der Waals surface area contributed by atoms with E-state index in [1.165, 1.54) is 16.8 Å².